The molecule has 2 heterocycles. The van der Waals surface area contributed by atoms with E-state index in [-0.39, 0.29) is 5.91 Å². The molecule has 0 aliphatic rings. The van der Waals surface area contributed by atoms with Crippen LogP contribution in [0.25, 0.3) is 33.1 Å². The number of pyridine rings is 1. The number of aliphatic imine (C=N–C) groups is 1. The van der Waals surface area contributed by atoms with Crippen molar-refractivity contribution in [3.8, 4) is 11.3 Å². The summed E-state index contributed by atoms with van der Waals surface area (Å²) in [6.45, 7) is 4.32. The Labute approximate surface area is 175 Å². The van der Waals surface area contributed by atoms with Crippen LogP contribution >= 0.6 is 27.5 Å². The monoisotopic (exact) mass is 454 g/mol. The van der Waals surface area contributed by atoms with Gasteiger partial charge >= 0.3 is 0 Å². The van der Waals surface area contributed by atoms with Gasteiger partial charge in [0.2, 0.25) is 0 Å². The molecule has 0 fully saturated rings. The third-order valence-corrected chi connectivity index (χ3v) is 5.31. The summed E-state index contributed by atoms with van der Waals surface area (Å²) in [5, 5.41) is 5.09. The van der Waals surface area contributed by atoms with E-state index in [0.717, 1.165) is 20.9 Å². The summed E-state index contributed by atoms with van der Waals surface area (Å²) in [6.07, 6.45) is 1.89. The lowest BCUT2D eigenvalue weighted by Gasteiger charge is -2.11. The minimum atomic E-state index is -0.194. The highest BCUT2D eigenvalue weighted by Gasteiger charge is 2.17. The summed E-state index contributed by atoms with van der Waals surface area (Å²) in [6, 6.07) is 13.2. The van der Waals surface area contributed by atoms with Crippen LogP contribution < -0.4 is 5.32 Å². The predicted molar refractivity (Wildman–Crippen MR) is 118 cm³/mol. The number of benzene rings is 2. The molecule has 4 rings (SSSR count). The number of H-pyrrole nitrogens is 1. The first-order valence-electron chi connectivity index (χ1n) is 8.65. The molecule has 140 valence electrons. The fourth-order valence-corrected chi connectivity index (χ4v) is 3.77. The summed E-state index contributed by atoms with van der Waals surface area (Å²) in [4.78, 5) is 24.6. The summed E-state index contributed by atoms with van der Waals surface area (Å²) < 4.78 is 0.967. The fourth-order valence-electron chi connectivity index (χ4n) is 3.19. The van der Waals surface area contributed by atoms with Gasteiger partial charge < -0.3 is 10.3 Å². The molecule has 2 aromatic carbocycles. The maximum Gasteiger partial charge on any atom is 0.252 e. The lowest BCUT2D eigenvalue weighted by atomic mass is 10.0. The first-order valence-corrected chi connectivity index (χ1v) is 9.82. The molecular weight excluding hydrogens is 440 g/mol. The molecule has 2 aromatic heterocycles. The molecular formula is C21H16BrClN4O. The van der Waals surface area contributed by atoms with Gasteiger partial charge in [-0.3, -0.25) is 9.79 Å². The minimum Gasteiger partial charge on any atom is -0.360 e. The van der Waals surface area contributed by atoms with Crippen molar-refractivity contribution in [2.45, 2.75) is 0 Å². The van der Waals surface area contributed by atoms with Crippen molar-refractivity contribution in [2.75, 3.05) is 13.1 Å². The second-order valence-corrected chi connectivity index (χ2v) is 7.61. The largest absolute Gasteiger partial charge is 0.360 e. The van der Waals surface area contributed by atoms with Crippen molar-refractivity contribution in [1.29, 1.82) is 0 Å². The van der Waals surface area contributed by atoms with Crippen molar-refractivity contribution < 1.29 is 4.79 Å². The molecule has 4 aromatic rings. The third-order valence-electron chi connectivity index (χ3n) is 4.51. The molecule has 0 aliphatic heterocycles. The Bertz CT molecular complexity index is 1220. The number of para-hydroxylation sites is 1. The summed E-state index contributed by atoms with van der Waals surface area (Å²) in [5.74, 6) is -0.194. The number of aromatic amines is 1. The minimum absolute atomic E-state index is 0.194. The standard InChI is InChI=1S/C21H16BrClN4O/c1-24-7-8-25-21(28)15-10-19(27-20-13(15)3-2-4-17(20)23)16-11-26-18-6-5-12(22)9-14(16)18/h2-6,9-11,26H,1,7-8H2,(H,25,28). The predicted octanol–water partition coefficient (Wildman–Crippen LogP) is 5.23. The average molecular weight is 456 g/mol. The first-order chi connectivity index (χ1) is 13.6. The Balaban J connectivity index is 1.91. The second kappa shape index (κ2) is 7.73. The zero-order valence-corrected chi connectivity index (χ0v) is 17.1. The van der Waals surface area contributed by atoms with Crippen molar-refractivity contribution >= 4 is 62.0 Å². The number of amides is 1. The van der Waals surface area contributed by atoms with E-state index in [4.69, 9.17) is 16.6 Å². The number of carbonyl (C=O) groups is 1. The van der Waals surface area contributed by atoms with E-state index in [0.29, 0.717) is 40.3 Å². The molecule has 7 heteroatoms. The number of nitrogens with zero attached hydrogens (tertiary/aromatic N) is 2. The molecule has 1 amide bonds. The third kappa shape index (κ3) is 3.41. The first kappa shape index (κ1) is 18.7. The number of carbonyl (C=O) groups excluding carboxylic acids is 1. The number of hydrogen-bond donors (Lipinski definition) is 2. The van der Waals surface area contributed by atoms with Crippen LogP contribution in [-0.2, 0) is 0 Å². The number of halogens is 2. The smallest absolute Gasteiger partial charge is 0.252 e. The van der Waals surface area contributed by atoms with Gasteiger partial charge in [0, 0.05) is 39.1 Å². The highest BCUT2D eigenvalue weighted by atomic mass is 79.9. The summed E-state index contributed by atoms with van der Waals surface area (Å²) in [5.41, 5.74) is 3.69. The van der Waals surface area contributed by atoms with Crippen LogP contribution in [0.2, 0.25) is 5.02 Å². The highest BCUT2D eigenvalue weighted by Crippen LogP contribution is 2.33. The Hall–Kier alpha value is -2.70. The maximum absolute atomic E-state index is 12.8. The second-order valence-electron chi connectivity index (χ2n) is 6.29. The van der Waals surface area contributed by atoms with Crippen LogP contribution in [0, 0.1) is 0 Å². The Morgan fingerprint density at radius 3 is 2.93 bits per heavy atom. The van der Waals surface area contributed by atoms with Gasteiger partial charge in [0.05, 0.1) is 28.3 Å². The van der Waals surface area contributed by atoms with Gasteiger partial charge in [0.25, 0.3) is 5.91 Å². The lowest BCUT2D eigenvalue weighted by Crippen LogP contribution is -2.26. The number of rotatable bonds is 5. The molecule has 0 saturated carbocycles. The average Bonchev–Trinajstić information content (AvgIpc) is 3.11. The molecule has 5 nitrogen and oxygen atoms in total. The Kier molecular flexibility index (Phi) is 5.15. The van der Waals surface area contributed by atoms with Gasteiger partial charge in [-0.15, -0.1) is 0 Å². The van der Waals surface area contributed by atoms with E-state index in [2.05, 4.69) is 37.9 Å². The highest BCUT2D eigenvalue weighted by molar-refractivity contribution is 9.10. The van der Waals surface area contributed by atoms with E-state index in [9.17, 15) is 4.79 Å². The number of nitrogens with one attached hydrogen (secondary N) is 2. The van der Waals surface area contributed by atoms with Crippen LogP contribution in [0.1, 0.15) is 10.4 Å². The maximum atomic E-state index is 12.8. The van der Waals surface area contributed by atoms with E-state index in [1.54, 1.807) is 12.1 Å². The summed E-state index contributed by atoms with van der Waals surface area (Å²) in [7, 11) is 0. The lowest BCUT2D eigenvalue weighted by molar-refractivity contribution is 0.0956. The molecule has 0 spiro atoms. The number of hydrogen-bond acceptors (Lipinski definition) is 3. The molecule has 28 heavy (non-hydrogen) atoms. The van der Waals surface area contributed by atoms with Gasteiger partial charge in [0.1, 0.15) is 0 Å². The normalized spacial score (nSPS) is 11.1. The quantitative estimate of drug-likeness (QED) is 0.319. The van der Waals surface area contributed by atoms with Crippen molar-refractivity contribution in [1.82, 2.24) is 15.3 Å². The number of fused-ring (bicyclic) bond motifs is 2. The van der Waals surface area contributed by atoms with Gasteiger partial charge in [0.15, 0.2) is 0 Å². The SMILES string of the molecule is C=NCCNC(=O)c1cc(-c2c[nH]c3ccc(Br)cc23)nc2c(Cl)cccc12. The van der Waals surface area contributed by atoms with Gasteiger partial charge in [-0.25, -0.2) is 4.98 Å². The summed E-state index contributed by atoms with van der Waals surface area (Å²) >= 11 is 9.92. The topological polar surface area (TPSA) is 70.1 Å². The van der Waals surface area contributed by atoms with Crippen LogP contribution in [0.5, 0.6) is 0 Å². The molecule has 0 atom stereocenters. The van der Waals surface area contributed by atoms with Crippen molar-refractivity contribution in [3.05, 3.63) is 63.7 Å². The van der Waals surface area contributed by atoms with E-state index in [1.165, 1.54) is 0 Å². The van der Waals surface area contributed by atoms with Gasteiger partial charge in [-0.1, -0.05) is 39.7 Å². The van der Waals surface area contributed by atoms with Gasteiger partial charge in [-0.2, -0.15) is 0 Å². The zero-order valence-electron chi connectivity index (χ0n) is 14.8. The van der Waals surface area contributed by atoms with Gasteiger partial charge in [-0.05, 0) is 37.0 Å². The molecule has 0 aliphatic carbocycles. The molecule has 0 unspecified atom stereocenters. The van der Waals surface area contributed by atoms with Crippen LogP contribution in [0.4, 0.5) is 0 Å². The molecule has 0 radical (unpaired) electrons. The fraction of sp³-hybridized carbons (Fsp3) is 0.0952. The Morgan fingerprint density at radius 2 is 2.11 bits per heavy atom. The molecule has 2 N–H and O–H groups in total. The van der Waals surface area contributed by atoms with E-state index >= 15 is 0 Å². The van der Waals surface area contributed by atoms with Crippen LogP contribution in [-0.4, -0.2) is 35.7 Å². The molecule has 0 bridgehead atoms. The zero-order chi connectivity index (χ0) is 19.7. The Morgan fingerprint density at radius 1 is 1.25 bits per heavy atom. The van der Waals surface area contributed by atoms with Crippen LogP contribution in [0.3, 0.4) is 0 Å². The van der Waals surface area contributed by atoms with Crippen molar-refractivity contribution in [2.24, 2.45) is 4.99 Å². The van der Waals surface area contributed by atoms with Crippen LogP contribution in [0.15, 0.2) is 58.1 Å². The van der Waals surface area contributed by atoms with E-state index in [1.807, 2.05) is 36.5 Å². The number of aromatic nitrogens is 2. The van der Waals surface area contributed by atoms with Crippen molar-refractivity contribution in [3.63, 3.8) is 0 Å². The molecule has 0 saturated heterocycles. The van der Waals surface area contributed by atoms with E-state index < -0.39 is 0 Å².